The zero-order chi connectivity index (χ0) is 20.7. The first kappa shape index (κ1) is 19.3. The number of carbonyl (C=O) groups is 1. The van der Waals surface area contributed by atoms with Gasteiger partial charge in [-0.2, -0.15) is 0 Å². The second-order valence-corrected chi connectivity index (χ2v) is 8.79. The predicted molar refractivity (Wildman–Crippen MR) is 114 cm³/mol. The lowest BCUT2D eigenvalue weighted by Crippen LogP contribution is -2.49. The Morgan fingerprint density at radius 3 is 2.60 bits per heavy atom. The van der Waals surface area contributed by atoms with E-state index in [1.807, 2.05) is 23.1 Å². The van der Waals surface area contributed by atoms with E-state index in [1.54, 1.807) is 6.07 Å². The zero-order valence-electron chi connectivity index (χ0n) is 16.9. The summed E-state index contributed by atoms with van der Waals surface area (Å²) in [6.07, 6.45) is 6.42. The minimum absolute atomic E-state index is 0.303. The molecule has 2 aliphatic rings. The van der Waals surface area contributed by atoms with Crippen molar-refractivity contribution in [3.8, 4) is 11.3 Å². The van der Waals surface area contributed by atoms with Gasteiger partial charge in [0.2, 0.25) is 0 Å². The number of rotatable bonds is 5. The number of aliphatic carboxylic acids is 1. The molecule has 1 aliphatic heterocycles. The zero-order valence-corrected chi connectivity index (χ0v) is 16.9. The second-order valence-electron chi connectivity index (χ2n) is 8.79. The minimum atomic E-state index is -0.760. The smallest absolute Gasteiger partial charge is 0.309 e. The van der Waals surface area contributed by atoms with Crippen LogP contribution in [-0.2, 0) is 11.3 Å². The fraction of sp³-hybridized carbons (Fsp3) is 0.400. The van der Waals surface area contributed by atoms with Crippen LogP contribution in [0.4, 0.5) is 4.39 Å². The van der Waals surface area contributed by atoms with E-state index in [9.17, 15) is 9.18 Å². The van der Waals surface area contributed by atoms with Crippen LogP contribution in [-0.4, -0.2) is 29.1 Å². The van der Waals surface area contributed by atoms with Gasteiger partial charge in [-0.25, -0.2) is 4.39 Å². The maximum absolute atomic E-state index is 14.8. The topological polar surface area (TPSA) is 53.7 Å². The quantitative estimate of drug-likeness (QED) is 0.580. The number of carboxylic acid groups (broad SMARTS) is 1. The van der Waals surface area contributed by atoms with E-state index in [4.69, 9.17) is 9.52 Å². The van der Waals surface area contributed by atoms with E-state index >= 15 is 0 Å². The molecule has 4 nitrogen and oxygen atoms in total. The molecule has 0 atom stereocenters. The van der Waals surface area contributed by atoms with Gasteiger partial charge >= 0.3 is 5.97 Å². The summed E-state index contributed by atoms with van der Waals surface area (Å²) in [6, 6.07) is 13.5. The molecule has 156 valence electrons. The van der Waals surface area contributed by atoms with Crippen LogP contribution in [0, 0.1) is 11.7 Å². The fourth-order valence-electron chi connectivity index (χ4n) is 4.85. The summed E-state index contributed by atoms with van der Waals surface area (Å²) in [7, 11) is 0. The molecule has 2 fully saturated rings. The highest BCUT2D eigenvalue weighted by Crippen LogP contribution is 2.36. The lowest BCUT2D eigenvalue weighted by atomic mass is 9.84. The molecule has 2 heterocycles. The molecule has 1 aromatic heterocycles. The van der Waals surface area contributed by atoms with Crippen LogP contribution in [0.25, 0.3) is 22.3 Å². The van der Waals surface area contributed by atoms with Gasteiger partial charge in [0.05, 0.1) is 11.5 Å². The van der Waals surface area contributed by atoms with Gasteiger partial charge in [0.25, 0.3) is 0 Å². The van der Waals surface area contributed by atoms with E-state index in [-0.39, 0.29) is 11.7 Å². The molecule has 1 saturated carbocycles. The summed E-state index contributed by atoms with van der Waals surface area (Å²) in [6.45, 7) is 1.60. The van der Waals surface area contributed by atoms with Crippen molar-refractivity contribution in [2.75, 3.05) is 13.1 Å². The molecular formula is C25H26FNO3. The maximum Gasteiger partial charge on any atom is 0.309 e. The second kappa shape index (κ2) is 7.88. The normalized spacial score (nSPS) is 18.6. The van der Waals surface area contributed by atoms with Crippen molar-refractivity contribution in [3.63, 3.8) is 0 Å². The first-order valence-corrected chi connectivity index (χ1v) is 10.8. The first-order chi connectivity index (χ1) is 14.6. The van der Waals surface area contributed by atoms with Gasteiger partial charge in [-0.3, -0.25) is 9.69 Å². The van der Waals surface area contributed by atoms with Crippen LogP contribution in [0.15, 0.2) is 46.9 Å². The number of hydrogen-bond donors (Lipinski definition) is 1. The van der Waals surface area contributed by atoms with E-state index < -0.39 is 5.97 Å². The van der Waals surface area contributed by atoms with Crippen LogP contribution in [0.1, 0.15) is 49.1 Å². The van der Waals surface area contributed by atoms with Crippen LogP contribution >= 0.6 is 0 Å². The van der Waals surface area contributed by atoms with Crippen molar-refractivity contribution in [2.24, 2.45) is 5.92 Å². The molecule has 0 spiro atoms. The van der Waals surface area contributed by atoms with Gasteiger partial charge in [-0.1, -0.05) is 31.4 Å². The number of nitrogens with zero attached hydrogens (tertiary/aromatic N) is 1. The van der Waals surface area contributed by atoms with E-state index in [0.29, 0.717) is 36.9 Å². The third-order valence-corrected chi connectivity index (χ3v) is 6.63. The van der Waals surface area contributed by atoms with Crippen molar-refractivity contribution >= 4 is 16.9 Å². The molecule has 1 N–H and O–H groups in total. The number of furan rings is 1. The molecule has 0 amide bonds. The van der Waals surface area contributed by atoms with Gasteiger partial charge < -0.3 is 9.52 Å². The Morgan fingerprint density at radius 2 is 1.87 bits per heavy atom. The highest BCUT2D eigenvalue weighted by atomic mass is 19.1. The van der Waals surface area contributed by atoms with E-state index in [1.165, 1.54) is 43.7 Å². The predicted octanol–water partition coefficient (Wildman–Crippen LogP) is 5.80. The minimum Gasteiger partial charge on any atom is -0.481 e. The Balaban J connectivity index is 1.34. The lowest BCUT2D eigenvalue weighted by molar-refractivity contribution is -0.147. The average molecular weight is 407 g/mol. The summed E-state index contributed by atoms with van der Waals surface area (Å²) < 4.78 is 20.8. The van der Waals surface area contributed by atoms with Gasteiger partial charge in [0.15, 0.2) is 0 Å². The summed E-state index contributed by atoms with van der Waals surface area (Å²) in [5.41, 5.74) is 3.45. The molecule has 2 aromatic carbocycles. The number of carboxylic acids is 1. The Kier molecular flexibility index (Phi) is 5.07. The number of halogens is 1. The van der Waals surface area contributed by atoms with Crippen molar-refractivity contribution in [1.82, 2.24) is 4.90 Å². The number of likely N-dealkylation sites (tertiary alicyclic amines) is 1. The highest BCUT2D eigenvalue weighted by molar-refractivity contribution is 5.83. The van der Waals surface area contributed by atoms with Crippen molar-refractivity contribution in [2.45, 2.75) is 44.6 Å². The van der Waals surface area contributed by atoms with Gasteiger partial charge in [0, 0.05) is 25.0 Å². The third-order valence-electron chi connectivity index (χ3n) is 6.63. The molecule has 0 unspecified atom stereocenters. The van der Waals surface area contributed by atoms with Gasteiger partial charge in [0.1, 0.15) is 17.2 Å². The Morgan fingerprint density at radius 1 is 1.07 bits per heavy atom. The van der Waals surface area contributed by atoms with Crippen molar-refractivity contribution < 1.29 is 18.7 Å². The molecule has 3 aromatic rings. The Hall–Kier alpha value is -2.66. The van der Waals surface area contributed by atoms with Gasteiger partial charge in [-0.05, 0) is 60.2 Å². The molecule has 0 radical (unpaired) electrons. The molecule has 1 saturated heterocycles. The first-order valence-electron chi connectivity index (χ1n) is 10.8. The molecule has 0 bridgehead atoms. The summed E-state index contributed by atoms with van der Waals surface area (Å²) in [5, 5.41) is 10.0. The number of benzene rings is 2. The van der Waals surface area contributed by atoms with Crippen LogP contribution in [0.5, 0.6) is 0 Å². The summed E-state index contributed by atoms with van der Waals surface area (Å²) in [5.74, 6) is -0.202. The maximum atomic E-state index is 14.8. The van der Waals surface area contributed by atoms with Crippen molar-refractivity contribution in [3.05, 3.63) is 59.4 Å². The van der Waals surface area contributed by atoms with Gasteiger partial charge in [-0.15, -0.1) is 0 Å². The summed E-state index contributed by atoms with van der Waals surface area (Å²) >= 11 is 0. The number of hydrogen-bond acceptors (Lipinski definition) is 3. The third kappa shape index (κ3) is 3.74. The highest BCUT2D eigenvalue weighted by Gasteiger charge is 2.32. The number of fused-ring (bicyclic) bond motifs is 1. The van der Waals surface area contributed by atoms with E-state index in [0.717, 1.165) is 16.5 Å². The SMILES string of the molecule is O=C(O)C1CN(Cc2ccc(-c3cc4cc(C5CCCCC5)ccc4o3)c(F)c2)C1. The Bertz CT molecular complexity index is 1080. The van der Waals surface area contributed by atoms with Crippen LogP contribution in [0.2, 0.25) is 0 Å². The molecule has 5 rings (SSSR count). The standard InChI is InChI=1S/C25H26FNO3/c26-22-10-16(13-27-14-20(15-27)25(28)29)6-8-21(22)24-12-19-11-18(7-9-23(19)30-24)17-4-2-1-3-5-17/h6-12,17,20H,1-5,13-15H2,(H,28,29). The van der Waals surface area contributed by atoms with Crippen LogP contribution in [0.3, 0.4) is 0 Å². The molecular weight excluding hydrogens is 381 g/mol. The molecule has 30 heavy (non-hydrogen) atoms. The molecule has 5 heteroatoms. The summed E-state index contributed by atoms with van der Waals surface area (Å²) in [4.78, 5) is 12.9. The average Bonchev–Trinajstić information content (AvgIpc) is 3.13. The Labute approximate surface area is 175 Å². The monoisotopic (exact) mass is 407 g/mol. The van der Waals surface area contributed by atoms with E-state index in [2.05, 4.69) is 12.1 Å². The lowest BCUT2D eigenvalue weighted by Gasteiger charge is -2.36. The van der Waals surface area contributed by atoms with Crippen molar-refractivity contribution in [1.29, 1.82) is 0 Å². The fourth-order valence-corrected chi connectivity index (χ4v) is 4.85. The largest absolute Gasteiger partial charge is 0.481 e. The van der Waals surface area contributed by atoms with Crippen LogP contribution < -0.4 is 0 Å². The molecule has 1 aliphatic carbocycles.